The molecule has 2 rings (SSSR count). The van der Waals surface area contributed by atoms with Gasteiger partial charge in [0, 0.05) is 18.0 Å². The van der Waals surface area contributed by atoms with E-state index in [2.05, 4.69) is 21.3 Å². The first kappa shape index (κ1) is 29.2. The molecule has 2 aromatic carbocycles. The Hall–Kier alpha value is -4.01. The van der Waals surface area contributed by atoms with Crippen molar-refractivity contribution in [1.29, 1.82) is 0 Å². The van der Waals surface area contributed by atoms with Crippen LogP contribution in [0.1, 0.15) is 50.5 Å². The predicted molar refractivity (Wildman–Crippen MR) is 141 cm³/mol. The first-order valence-corrected chi connectivity index (χ1v) is 12.3. The molecular weight excluding hydrogens is 472 g/mol. The van der Waals surface area contributed by atoms with Crippen LogP contribution >= 0.6 is 0 Å². The van der Waals surface area contributed by atoms with Crippen molar-refractivity contribution in [2.75, 3.05) is 0 Å². The third-order valence-electron chi connectivity index (χ3n) is 5.58. The van der Waals surface area contributed by atoms with E-state index < -0.39 is 47.5 Å². The van der Waals surface area contributed by atoms with Crippen molar-refractivity contribution in [3.8, 4) is 0 Å². The van der Waals surface area contributed by atoms with Gasteiger partial charge in [0.2, 0.25) is 17.6 Å². The minimum absolute atomic E-state index is 0.210. The van der Waals surface area contributed by atoms with Crippen molar-refractivity contribution < 1.29 is 24.0 Å². The summed E-state index contributed by atoms with van der Waals surface area (Å²) in [5, 5.41) is 10.5. The van der Waals surface area contributed by atoms with Crippen LogP contribution in [0.2, 0.25) is 0 Å². The third-order valence-corrected chi connectivity index (χ3v) is 5.58. The van der Waals surface area contributed by atoms with Crippen molar-refractivity contribution in [3.63, 3.8) is 0 Å². The lowest BCUT2D eigenvalue weighted by Gasteiger charge is -2.25. The minimum atomic E-state index is -1.05. The number of benzene rings is 2. The summed E-state index contributed by atoms with van der Waals surface area (Å²) in [6.07, 6.45) is 0.210. The molecule has 0 spiro atoms. The zero-order chi connectivity index (χ0) is 27.5. The largest absolute Gasteiger partial charge is 0.347 e. The zero-order valence-corrected chi connectivity index (χ0v) is 21.9. The molecule has 0 bridgehead atoms. The fraction of sp³-hybridized carbons (Fsp3) is 0.393. The highest BCUT2D eigenvalue weighted by Gasteiger charge is 2.32. The molecule has 3 unspecified atom stereocenters. The number of ketones is 1. The Morgan fingerprint density at radius 1 is 0.676 bits per heavy atom. The number of hydrogen-bond donors (Lipinski definition) is 4. The standard InChI is InChI=1S/C28H36N4O5/c1-17(2)23(24(33)28(37)29-18(3)4)32-25(34)19(5)30-27(36)22(16-20-12-8-6-9-13-20)31-26(35)21-14-10-7-11-15-21/h6-15,17-19,22-23H,16H2,1-5H3,(H,29,37)(H,30,36)(H,31,35)(H,32,34). The Kier molecular flexibility index (Phi) is 11.0. The summed E-state index contributed by atoms with van der Waals surface area (Å²) < 4.78 is 0. The first-order valence-electron chi connectivity index (χ1n) is 12.3. The van der Waals surface area contributed by atoms with Crippen LogP contribution in [-0.2, 0) is 25.6 Å². The lowest BCUT2D eigenvalue weighted by atomic mass is 9.98. The van der Waals surface area contributed by atoms with E-state index >= 15 is 0 Å². The summed E-state index contributed by atoms with van der Waals surface area (Å²) in [6, 6.07) is 14.4. The number of carbonyl (C=O) groups is 5. The van der Waals surface area contributed by atoms with E-state index in [-0.39, 0.29) is 18.4 Å². The van der Waals surface area contributed by atoms with Crippen LogP contribution in [-0.4, -0.2) is 53.6 Å². The van der Waals surface area contributed by atoms with E-state index in [9.17, 15) is 24.0 Å². The molecule has 0 aliphatic heterocycles. The number of carbonyl (C=O) groups excluding carboxylic acids is 5. The van der Waals surface area contributed by atoms with Gasteiger partial charge in [0.1, 0.15) is 12.1 Å². The Morgan fingerprint density at radius 3 is 1.78 bits per heavy atom. The van der Waals surface area contributed by atoms with E-state index in [1.54, 1.807) is 58.0 Å². The average Bonchev–Trinajstić information content (AvgIpc) is 2.86. The molecule has 0 fully saturated rings. The molecule has 9 heteroatoms. The van der Waals surface area contributed by atoms with Gasteiger partial charge in [-0.3, -0.25) is 24.0 Å². The van der Waals surface area contributed by atoms with Gasteiger partial charge in [0.25, 0.3) is 11.8 Å². The molecule has 37 heavy (non-hydrogen) atoms. The molecule has 0 aliphatic rings. The Labute approximate surface area is 217 Å². The van der Waals surface area contributed by atoms with Gasteiger partial charge in [0.05, 0.1) is 6.04 Å². The summed E-state index contributed by atoms with van der Waals surface area (Å²) in [6.45, 7) is 8.36. The number of rotatable bonds is 12. The fourth-order valence-electron chi connectivity index (χ4n) is 3.56. The van der Waals surface area contributed by atoms with E-state index in [0.29, 0.717) is 5.56 Å². The minimum Gasteiger partial charge on any atom is -0.347 e. The second kappa shape index (κ2) is 13.9. The van der Waals surface area contributed by atoms with Crippen LogP contribution in [0.4, 0.5) is 0 Å². The van der Waals surface area contributed by atoms with Crippen molar-refractivity contribution in [1.82, 2.24) is 21.3 Å². The summed E-state index contributed by atoms with van der Waals surface area (Å²) in [5.74, 6) is -3.49. The second-order valence-corrected chi connectivity index (χ2v) is 9.53. The van der Waals surface area contributed by atoms with Gasteiger partial charge < -0.3 is 21.3 Å². The molecule has 0 saturated heterocycles. The molecule has 4 amide bonds. The maximum atomic E-state index is 13.2. The summed E-state index contributed by atoms with van der Waals surface area (Å²) in [4.78, 5) is 63.6. The van der Waals surface area contributed by atoms with Gasteiger partial charge in [0.15, 0.2) is 0 Å². The topological polar surface area (TPSA) is 133 Å². The predicted octanol–water partition coefficient (Wildman–Crippen LogP) is 1.77. The second-order valence-electron chi connectivity index (χ2n) is 9.53. The normalized spacial score (nSPS) is 13.3. The number of nitrogens with one attached hydrogen (secondary N) is 4. The van der Waals surface area contributed by atoms with Crippen molar-refractivity contribution >= 4 is 29.4 Å². The third kappa shape index (κ3) is 9.18. The van der Waals surface area contributed by atoms with Crippen LogP contribution in [0.15, 0.2) is 60.7 Å². The molecular formula is C28H36N4O5. The van der Waals surface area contributed by atoms with Gasteiger partial charge in [-0.2, -0.15) is 0 Å². The molecule has 4 N–H and O–H groups in total. The van der Waals surface area contributed by atoms with Crippen LogP contribution in [0.5, 0.6) is 0 Å². The van der Waals surface area contributed by atoms with Gasteiger partial charge in [-0.1, -0.05) is 62.4 Å². The van der Waals surface area contributed by atoms with Crippen LogP contribution in [0.3, 0.4) is 0 Å². The lowest BCUT2D eigenvalue weighted by Crippen LogP contribution is -2.57. The Balaban J connectivity index is 2.12. The summed E-state index contributed by atoms with van der Waals surface area (Å²) in [5.41, 5.74) is 1.23. The quantitative estimate of drug-likeness (QED) is 0.324. The maximum absolute atomic E-state index is 13.2. The molecule has 0 radical (unpaired) electrons. The molecule has 198 valence electrons. The average molecular weight is 509 g/mol. The van der Waals surface area contributed by atoms with Gasteiger partial charge in [-0.15, -0.1) is 0 Å². The number of amides is 4. The van der Waals surface area contributed by atoms with Crippen molar-refractivity contribution in [2.45, 2.75) is 65.2 Å². The van der Waals surface area contributed by atoms with E-state index in [0.717, 1.165) is 5.56 Å². The molecule has 9 nitrogen and oxygen atoms in total. The highest BCUT2D eigenvalue weighted by atomic mass is 16.2. The molecule has 0 aromatic heterocycles. The Bertz CT molecular complexity index is 1090. The van der Waals surface area contributed by atoms with E-state index in [1.165, 1.54) is 6.92 Å². The fourth-order valence-corrected chi connectivity index (χ4v) is 3.56. The molecule has 3 atom stereocenters. The highest BCUT2D eigenvalue weighted by Crippen LogP contribution is 2.08. The maximum Gasteiger partial charge on any atom is 0.289 e. The van der Waals surface area contributed by atoms with Crippen molar-refractivity contribution in [2.24, 2.45) is 5.92 Å². The van der Waals surface area contributed by atoms with Gasteiger partial charge >= 0.3 is 0 Å². The molecule has 2 aromatic rings. The number of Topliss-reactive ketones (excluding diaryl/α,β-unsaturated/α-hetero) is 1. The van der Waals surface area contributed by atoms with E-state index in [4.69, 9.17) is 0 Å². The molecule has 0 aliphatic carbocycles. The summed E-state index contributed by atoms with van der Waals surface area (Å²) >= 11 is 0. The lowest BCUT2D eigenvalue weighted by molar-refractivity contribution is -0.141. The first-order chi connectivity index (χ1) is 17.5. The monoisotopic (exact) mass is 508 g/mol. The van der Waals surface area contributed by atoms with E-state index in [1.807, 2.05) is 30.3 Å². The smallest absolute Gasteiger partial charge is 0.289 e. The summed E-state index contributed by atoms with van der Waals surface area (Å²) in [7, 11) is 0. The zero-order valence-electron chi connectivity index (χ0n) is 21.9. The van der Waals surface area contributed by atoms with Gasteiger partial charge in [-0.05, 0) is 44.4 Å². The van der Waals surface area contributed by atoms with Crippen LogP contribution in [0.25, 0.3) is 0 Å². The number of hydrogen-bond acceptors (Lipinski definition) is 5. The molecule has 0 saturated carbocycles. The highest BCUT2D eigenvalue weighted by molar-refractivity contribution is 6.38. The van der Waals surface area contributed by atoms with Crippen LogP contribution in [0, 0.1) is 5.92 Å². The Morgan fingerprint density at radius 2 is 1.24 bits per heavy atom. The van der Waals surface area contributed by atoms with Crippen molar-refractivity contribution in [3.05, 3.63) is 71.8 Å². The SMILES string of the molecule is CC(C)NC(=O)C(=O)C(NC(=O)C(C)NC(=O)C(Cc1ccccc1)NC(=O)c1ccccc1)C(C)C. The van der Waals surface area contributed by atoms with Gasteiger partial charge in [-0.25, -0.2) is 0 Å². The molecule has 0 heterocycles. The van der Waals surface area contributed by atoms with Crippen LogP contribution < -0.4 is 21.3 Å².